The van der Waals surface area contributed by atoms with Crippen LogP contribution in [0.25, 0.3) is 0 Å². The van der Waals surface area contributed by atoms with E-state index in [4.69, 9.17) is 4.74 Å². The first-order valence-corrected chi connectivity index (χ1v) is 7.49. The van der Waals surface area contributed by atoms with Gasteiger partial charge in [0.25, 0.3) is 0 Å². The number of hydrogen-bond donors (Lipinski definition) is 2. The van der Waals surface area contributed by atoms with Gasteiger partial charge in [0.1, 0.15) is 0 Å². The summed E-state index contributed by atoms with van der Waals surface area (Å²) in [5.74, 6) is 0.0773. The Bertz CT molecular complexity index is 468. The van der Waals surface area contributed by atoms with Gasteiger partial charge >= 0.3 is 0 Å². The molecule has 0 saturated carbocycles. The van der Waals surface area contributed by atoms with Gasteiger partial charge in [-0.15, -0.1) is 0 Å². The Morgan fingerprint density at radius 1 is 1.50 bits per heavy atom. The molecule has 5 nitrogen and oxygen atoms in total. The minimum Gasteiger partial charge on any atom is -0.383 e. The molecule has 110 valence electrons. The van der Waals surface area contributed by atoms with Crippen molar-refractivity contribution in [1.82, 2.24) is 10.6 Å². The molecule has 1 saturated heterocycles. The number of piperazine rings is 1. The van der Waals surface area contributed by atoms with Gasteiger partial charge in [0.05, 0.1) is 18.8 Å². The molecular formula is C14H20BrN3O2. The summed E-state index contributed by atoms with van der Waals surface area (Å²) in [7, 11) is 1.70. The molecule has 0 spiro atoms. The number of nitrogens with zero attached hydrogens (tertiary/aromatic N) is 1. The first-order chi connectivity index (χ1) is 9.70. The summed E-state index contributed by atoms with van der Waals surface area (Å²) in [5, 5.41) is 6.15. The normalized spacial score (nSPS) is 15.3. The average Bonchev–Trinajstić information content (AvgIpc) is 2.44. The standard InChI is InChI=1S/C14H20BrN3O2/c1-20-7-5-16-9-11-2-3-13(12(15)8-11)18-6-4-17-14(19)10-18/h2-3,8,16H,4-7,9-10H2,1H3,(H,17,19). The van der Waals surface area contributed by atoms with E-state index in [1.54, 1.807) is 7.11 Å². The van der Waals surface area contributed by atoms with E-state index in [0.29, 0.717) is 19.7 Å². The molecule has 0 unspecified atom stereocenters. The maximum Gasteiger partial charge on any atom is 0.239 e. The van der Waals surface area contributed by atoms with Crippen molar-refractivity contribution < 1.29 is 9.53 Å². The summed E-state index contributed by atoms with van der Waals surface area (Å²) >= 11 is 3.60. The quantitative estimate of drug-likeness (QED) is 0.761. The molecule has 0 aliphatic carbocycles. The first-order valence-electron chi connectivity index (χ1n) is 6.70. The molecule has 2 N–H and O–H groups in total. The van der Waals surface area contributed by atoms with Crippen molar-refractivity contribution in [2.45, 2.75) is 6.54 Å². The molecule has 1 amide bonds. The highest BCUT2D eigenvalue weighted by Gasteiger charge is 2.18. The number of carbonyl (C=O) groups is 1. The molecule has 1 aromatic rings. The third-order valence-electron chi connectivity index (χ3n) is 3.20. The number of ether oxygens (including phenoxy) is 1. The van der Waals surface area contributed by atoms with E-state index >= 15 is 0 Å². The summed E-state index contributed by atoms with van der Waals surface area (Å²) in [4.78, 5) is 13.5. The Hall–Kier alpha value is -1.11. The number of rotatable bonds is 6. The van der Waals surface area contributed by atoms with Crippen LogP contribution in [0.3, 0.4) is 0 Å². The zero-order valence-electron chi connectivity index (χ0n) is 11.6. The van der Waals surface area contributed by atoms with Crippen LogP contribution in [0.1, 0.15) is 5.56 Å². The fourth-order valence-electron chi connectivity index (χ4n) is 2.17. The number of anilines is 1. The monoisotopic (exact) mass is 341 g/mol. The van der Waals surface area contributed by atoms with Gasteiger partial charge in [-0.3, -0.25) is 4.79 Å². The molecule has 1 aromatic carbocycles. The van der Waals surface area contributed by atoms with E-state index < -0.39 is 0 Å². The van der Waals surface area contributed by atoms with Crippen LogP contribution < -0.4 is 15.5 Å². The summed E-state index contributed by atoms with van der Waals surface area (Å²) in [6.07, 6.45) is 0. The van der Waals surface area contributed by atoms with Crippen molar-refractivity contribution in [3.8, 4) is 0 Å². The van der Waals surface area contributed by atoms with E-state index in [1.165, 1.54) is 5.56 Å². The van der Waals surface area contributed by atoms with Crippen LogP contribution in [0.2, 0.25) is 0 Å². The lowest BCUT2D eigenvalue weighted by molar-refractivity contribution is -0.120. The smallest absolute Gasteiger partial charge is 0.239 e. The molecule has 1 heterocycles. The van der Waals surface area contributed by atoms with Gasteiger partial charge in [0, 0.05) is 37.8 Å². The third-order valence-corrected chi connectivity index (χ3v) is 3.84. The fraction of sp³-hybridized carbons (Fsp3) is 0.500. The Balaban J connectivity index is 1.96. The van der Waals surface area contributed by atoms with Crippen LogP contribution in [-0.2, 0) is 16.1 Å². The minimum atomic E-state index is 0.0773. The maximum absolute atomic E-state index is 11.4. The molecule has 0 bridgehead atoms. The van der Waals surface area contributed by atoms with Crippen LogP contribution in [-0.4, -0.2) is 45.8 Å². The third kappa shape index (κ3) is 4.19. The van der Waals surface area contributed by atoms with E-state index in [2.05, 4.69) is 49.7 Å². The molecule has 0 atom stereocenters. The molecule has 1 fully saturated rings. The topological polar surface area (TPSA) is 53.6 Å². The van der Waals surface area contributed by atoms with Gasteiger partial charge in [-0.25, -0.2) is 0 Å². The van der Waals surface area contributed by atoms with E-state index in [0.717, 1.165) is 29.8 Å². The van der Waals surface area contributed by atoms with Crippen LogP contribution in [0.15, 0.2) is 22.7 Å². The lowest BCUT2D eigenvalue weighted by Gasteiger charge is -2.29. The lowest BCUT2D eigenvalue weighted by Crippen LogP contribution is -2.47. The maximum atomic E-state index is 11.4. The highest BCUT2D eigenvalue weighted by molar-refractivity contribution is 9.10. The Labute approximate surface area is 127 Å². The van der Waals surface area contributed by atoms with Crippen molar-refractivity contribution in [3.63, 3.8) is 0 Å². The number of benzene rings is 1. The zero-order chi connectivity index (χ0) is 14.4. The van der Waals surface area contributed by atoms with Crippen molar-refractivity contribution in [1.29, 1.82) is 0 Å². The average molecular weight is 342 g/mol. The van der Waals surface area contributed by atoms with E-state index in [-0.39, 0.29) is 5.91 Å². The number of hydrogen-bond acceptors (Lipinski definition) is 4. The molecule has 1 aliphatic rings. The second kappa shape index (κ2) is 7.61. The number of nitrogens with one attached hydrogen (secondary N) is 2. The minimum absolute atomic E-state index is 0.0773. The van der Waals surface area contributed by atoms with Gasteiger partial charge in [0.2, 0.25) is 5.91 Å². The highest BCUT2D eigenvalue weighted by Crippen LogP contribution is 2.27. The molecule has 6 heteroatoms. The second-order valence-electron chi connectivity index (χ2n) is 4.73. The van der Waals surface area contributed by atoms with Gasteiger partial charge in [-0.1, -0.05) is 6.07 Å². The second-order valence-corrected chi connectivity index (χ2v) is 5.58. The van der Waals surface area contributed by atoms with Crippen molar-refractivity contribution in [2.75, 3.05) is 44.8 Å². The van der Waals surface area contributed by atoms with Gasteiger partial charge in [-0.05, 0) is 33.6 Å². The van der Waals surface area contributed by atoms with Crippen molar-refractivity contribution in [2.24, 2.45) is 0 Å². The van der Waals surface area contributed by atoms with Crippen molar-refractivity contribution in [3.05, 3.63) is 28.2 Å². The first kappa shape index (κ1) is 15.3. The van der Waals surface area contributed by atoms with Crippen molar-refractivity contribution >= 4 is 27.5 Å². The highest BCUT2D eigenvalue weighted by atomic mass is 79.9. The summed E-state index contributed by atoms with van der Waals surface area (Å²) in [5.41, 5.74) is 2.28. The number of amides is 1. The summed E-state index contributed by atoms with van der Waals surface area (Å²) in [6.45, 7) is 4.32. The van der Waals surface area contributed by atoms with Crippen LogP contribution >= 0.6 is 15.9 Å². The Morgan fingerprint density at radius 2 is 2.35 bits per heavy atom. The summed E-state index contributed by atoms with van der Waals surface area (Å²) in [6, 6.07) is 6.25. The van der Waals surface area contributed by atoms with Gasteiger partial charge in [0.15, 0.2) is 0 Å². The number of carbonyl (C=O) groups excluding carboxylic acids is 1. The van der Waals surface area contributed by atoms with Gasteiger partial charge < -0.3 is 20.3 Å². The Kier molecular flexibility index (Phi) is 5.82. The molecular weight excluding hydrogens is 322 g/mol. The molecule has 0 aromatic heterocycles. The van der Waals surface area contributed by atoms with Crippen LogP contribution in [0.5, 0.6) is 0 Å². The fourth-order valence-corrected chi connectivity index (χ4v) is 2.84. The SMILES string of the molecule is COCCNCc1ccc(N2CCNC(=O)C2)c(Br)c1. The van der Waals surface area contributed by atoms with Crippen LogP contribution in [0, 0.1) is 0 Å². The molecule has 2 rings (SSSR count). The number of halogens is 1. The van der Waals surface area contributed by atoms with E-state index in [9.17, 15) is 4.79 Å². The predicted octanol–water partition coefficient (Wildman–Crippen LogP) is 1.12. The predicted molar refractivity (Wildman–Crippen MR) is 82.9 cm³/mol. The van der Waals surface area contributed by atoms with Gasteiger partial charge in [-0.2, -0.15) is 0 Å². The Morgan fingerprint density at radius 3 is 3.05 bits per heavy atom. The lowest BCUT2D eigenvalue weighted by atomic mass is 10.2. The zero-order valence-corrected chi connectivity index (χ0v) is 13.2. The van der Waals surface area contributed by atoms with E-state index in [1.807, 2.05) is 0 Å². The number of methoxy groups -OCH3 is 1. The molecule has 20 heavy (non-hydrogen) atoms. The molecule has 1 aliphatic heterocycles. The summed E-state index contributed by atoms with van der Waals surface area (Å²) < 4.78 is 6.02. The molecule has 0 radical (unpaired) electrons. The largest absolute Gasteiger partial charge is 0.383 e. The van der Waals surface area contributed by atoms with Crippen LogP contribution in [0.4, 0.5) is 5.69 Å².